The van der Waals surface area contributed by atoms with Crippen molar-refractivity contribution in [2.75, 3.05) is 26.8 Å². The number of nitrogens with zero attached hydrogens (tertiary/aromatic N) is 1. The molecule has 2 N–H and O–H groups in total. The summed E-state index contributed by atoms with van der Waals surface area (Å²) in [5.74, 6) is -0.292. The van der Waals surface area contributed by atoms with Crippen LogP contribution >= 0.6 is 0 Å². The summed E-state index contributed by atoms with van der Waals surface area (Å²) in [6.45, 7) is 1.29. The van der Waals surface area contributed by atoms with Crippen molar-refractivity contribution in [1.29, 1.82) is 0 Å². The van der Waals surface area contributed by atoms with E-state index in [1.54, 1.807) is 11.0 Å². The third-order valence-electron chi connectivity index (χ3n) is 3.49. The zero-order valence-electron chi connectivity index (χ0n) is 11.9. The topological polar surface area (TPSA) is 91.5 Å². The minimum atomic E-state index is -0.303. The summed E-state index contributed by atoms with van der Waals surface area (Å²) in [4.78, 5) is 39.1. The molecule has 0 bridgehead atoms. The third kappa shape index (κ3) is 4.16. The number of H-pyrrole nitrogens is 1. The van der Waals surface area contributed by atoms with E-state index in [4.69, 9.17) is 4.74 Å². The molecule has 0 atom stereocenters. The van der Waals surface area contributed by atoms with Crippen LogP contribution in [0.15, 0.2) is 23.1 Å². The Labute approximate surface area is 122 Å². The number of aromatic amines is 1. The van der Waals surface area contributed by atoms with Crippen LogP contribution in [0.1, 0.15) is 23.2 Å². The highest BCUT2D eigenvalue weighted by atomic mass is 16.5. The molecule has 2 heterocycles. The monoisotopic (exact) mass is 293 g/mol. The van der Waals surface area contributed by atoms with E-state index in [1.807, 2.05) is 0 Å². The second kappa shape index (κ2) is 7.03. The molecule has 2 amide bonds. The number of piperidine rings is 1. The Morgan fingerprint density at radius 3 is 2.76 bits per heavy atom. The van der Waals surface area contributed by atoms with Crippen LogP contribution in [0.2, 0.25) is 0 Å². The number of methoxy groups -OCH3 is 1. The number of aromatic nitrogens is 1. The van der Waals surface area contributed by atoms with Crippen LogP contribution < -0.4 is 10.9 Å². The maximum absolute atomic E-state index is 12.0. The SMILES string of the molecule is COCC(=O)N1CCC(NC(=O)c2cc[nH]c(=O)c2)CC1. The Morgan fingerprint density at radius 2 is 2.14 bits per heavy atom. The van der Waals surface area contributed by atoms with Gasteiger partial charge in [0.05, 0.1) is 0 Å². The van der Waals surface area contributed by atoms with Crippen LogP contribution in [0.4, 0.5) is 0 Å². The number of nitrogens with one attached hydrogen (secondary N) is 2. The lowest BCUT2D eigenvalue weighted by molar-refractivity contribution is -0.136. The van der Waals surface area contributed by atoms with Crippen molar-refractivity contribution in [2.24, 2.45) is 0 Å². The average molecular weight is 293 g/mol. The van der Waals surface area contributed by atoms with Gasteiger partial charge in [-0.25, -0.2) is 0 Å². The van der Waals surface area contributed by atoms with Gasteiger partial charge in [-0.3, -0.25) is 14.4 Å². The molecule has 1 saturated heterocycles. The van der Waals surface area contributed by atoms with E-state index in [0.29, 0.717) is 31.5 Å². The molecule has 21 heavy (non-hydrogen) atoms. The predicted octanol–water partition coefficient (Wildman–Crippen LogP) is -0.258. The van der Waals surface area contributed by atoms with Crippen LogP contribution in [-0.2, 0) is 9.53 Å². The van der Waals surface area contributed by atoms with Gasteiger partial charge in [-0.2, -0.15) is 0 Å². The molecule has 114 valence electrons. The molecule has 2 rings (SSSR count). The largest absolute Gasteiger partial charge is 0.375 e. The van der Waals surface area contributed by atoms with Crippen LogP contribution in [0.25, 0.3) is 0 Å². The van der Waals surface area contributed by atoms with Crippen molar-refractivity contribution >= 4 is 11.8 Å². The first-order chi connectivity index (χ1) is 10.1. The molecular formula is C14H19N3O4. The molecule has 1 aromatic rings. The Kier molecular flexibility index (Phi) is 5.10. The summed E-state index contributed by atoms with van der Waals surface area (Å²) in [5, 5.41) is 2.89. The van der Waals surface area contributed by atoms with Gasteiger partial charge in [-0.05, 0) is 18.9 Å². The van der Waals surface area contributed by atoms with Gasteiger partial charge in [-0.1, -0.05) is 0 Å². The van der Waals surface area contributed by atoms with E-state index >= 15 is 0 Å². The molecule has 0 radical (unpaired) electrons. The zero-order valence-corrected chi connectivity index (χ0v) is 11.9. The maximum Gasteiger partial charge on any atom is 0.251 e. The van der Waals surface area contributed by atoms with E-state index in [2.05, 4.69) is 10.3 Å². The van der Waals surface area contributed by atoms with Crippen LogP contribution in [0, 0.1) is 0 Å². The van der Waals surface area contributed by atoms with Gasteiger partial charge in [0.2, 0.25) is 11.5 Å². The van der Waals surface area contributed by atoms with Crippen molar-refractivity contribution < 1.29 is 14.3 Å². The van der Waals surface area contributed by atoms with Gasteiger partial charge >= 0.3 is 0 Å². The van der Waals surface area contributed by atoms with E-state index in [1.165, 1.54) is 19.4 Å². The number of pyridine rings is 1. The molecule has 0 aliphatic carbocycles. The highest BCUT2D eigenvalue weighted by Gasteiger charge is 2.23. The molecular weight excluding hydrogens is 274 g/mol. The van der Waals surface area contributed by atoms with Crippen LogP contribution in [0.5, 0.6) is 0 Å². The number of rotatable bonds is 4. The minimum absolute atomic E-state index is 0.0170. The molecule has 1 aromatic heterocycles. The molecule has 0 aromatic carbocycles. The molecule has 7 heteroatoms. The second-order valence-electron chi connectivity index (χ2n) is 5.00. The fourth-order valence-corrected chi connectivity index (χ4v) is 2.34. The van der Waals surface area contributed by atoms with Crippen molar-refractivity contribution in [3.63, 3.8) is 0 Å². The first-order valence-electron chi connectivity index (χ1n) is 6.86. The lowest BCUT2D eigenvalue weighted by Gasteiger charge is -2.32. The highest BCUT2D eigenvalue weighted by molar-refractivity contribution is 5.94. The lowest BCUT2D eigenvalue weighted by Crippen LogP contribution is -2.47. The van der Waals surface area contributed by atoms with Gasteiger partial charge in [0.25, 0.3) is 5.91 Å². The standard InChI is InChI=1S/C14H19N3O4/c1-21-9-13(19)17-6-3-11(4-7-17)16-14(20)10-2-5-15-12(18)8-10/h2,5,8,11H,3-4,6-7,9H2,1H3,(H,15,18)(H,16,20). The van der Waals surface area contributed by atoms with Gasteiger partial charge in [0.1, 0.15) is 6.61 Å². The highest BCUT2D eigenvalue weighted by Crippen LogP contribution is 2.11. The van der Waals surface area contributed by atoms with Gasteiger partial charge in [-0.15, -0.1) is 0 Å². The second-order valence-corrected chi connectivity index (χ2v) is 5.00. The van der Waals surface area contributed by atoms with Crippen LogP contribution in [0.3, 0.4) is 0 Å². The van der Waals surface area contributed by atoms with Gasteiger partial charge < -0.3 is 19.9 Å². The smallest absolute Gasteiger partial charge is 0.251 e. The van der Waals surface area contributed by atoms with Crippen molar-refractivity contribution in [1.82, 2.24) is 15.2 Å². The van der Waals surface area contributed by atoms with E-state index < -0.39 is 0 Å². The summed E-state index contributed by atoms with van der Waals surface area (Å²) < 4.78 is 4.82. The Balaban J connectivity index is 1.85. The van der Waals surface area contributed by atoms with Crippen molar-refractivity contribution in [3.8, 4) is 0 Å². The van der Waals surface area contributed by atoms with Gasteiger partial charge in [0.15, 0.2) is 0 Å². The first kappa shape index (κ1) is 15.2. The molecule has 0 saturated carbocycles. The third-order valence-corrected chi connectivity index (χ3v) is 3.49. The number of ether oxygens (including phenoxy) is 1. The Morgan fingerprint density at radius 1 is 1.43 bits per heavy atom. The van der Waals surface area contributed by atoms with Crippen molar-refractivity contribution in [2.45, 2.75) is 18.9 Å². The summed E-state index contributed by atoms with van der Waals surface area (Å²) in [6.07, 6.45) is 2.85. The molecule has 1 aliphatic rings. The van der Waals surface area contributed by atoms with E-state index in [0.717, 1.165) is 0 Å². The van der Waals surface area contributed by atoms with Gasteiger partial charge in [0, 0.05) is 44.1 Å². The fourth-order valence-electron chi connectivity index (χ4n) is 2.34. The molecule has 0 spiro atoms. The number of amides is 2. The zero-order chi connectivity index (χ0) is 15.2. The Hall–Kier alpha value is -2.15. The Bertz CT molecular complexity index is 561. The summed E-state index contributed by atoms with van der Waals surface area (Å²) in [5.41, 5.74) is 0.0410. The minimum Gasteiger partial charge on any atom is -0.375 e. The number of carbonyl (C=O) groups excluding carboxylic acids is 2. The van der Waals surface area contributed by atoms with E-state index in [-0.39, 0.29) is 30.0 Å². The molecule has 1 fully saturated rings. The summed E-state index contributed by atoms with van der Waals surface area (Å²) in [6, 6.07) is 2.85. The molecule has 1 aliphatic heterocycles. The lowest BCUT2D eigenvalue weighted by atomic mass is 10.0. The number of likely N-dealkylation sites (tertiary alicyclic amines) is 1. The van der Waals surface area contributed by atoms with Crippen LogP contribution in [-0.4, -0.2) is 54.5 Å². The molecule has 0 unspecified atom stereocenters. The fraction of sp³-hybridized carbons (Fsp3) is 0.500. The summed E-state index contributed by atoms with van der Waals surface area (Å²) >= 11 is 0. The average Bonchev–Trinajstić information content (AvgIpc) is 2.48. The van der Waals surface area contributed by atoms with Crippen molar-refractivity contribution in [3.05, 3.63) is 34.2 Å². The van der Waals surface area contributed by atoms with E-state index in [9.17, 15) is 14.4 Å². The quantitative estimate of drug-likeness (QED) is 0.800. The number of hydrogen-bond acceptors (Lipinski definition) is 4. The number of hydrogen-bond donors (Lipinski definition) is 2. The first-order valence-corrected chi connectivity index (χ1v) is 6.86. The maximum atomic E-state index is 12.0. The molecule has 7 nitrogen and oxygen atoms in total. The normalized spacial score (nSPS) is 15.8. The predicted molar refractivity (Wildman–Crippen MR) is 76.0 cm³/mol. The number of carbonyl (C=O) groups is 2. The summed E-state index contributed by atoms with van der Waals surface area (Å²) in [7, 11) is 1.49.